The van der Waals surface area contributed by atoms with Crippen LogP contribution in [0.4, 0.5) is 0 Å². The van der Waals surface area contributed by atoms with Gasteiger partial charge in [0.15, 0.2) is 0 Å². The predicted molar refractivity (Wildman–Crippen MR) is 74.7 cm³/mol. The summed E-state index contributed by atoms with van der Waals surface area (Å²) in [5.74, 6) is 1.10. The van der Waals surface area contributed by atoms with Gasteiger partial charge in [-0.05, 0) is 32.0 Å². The molecule has 1 aromatic heterocycles. The lowest BCUT2D eigenvalue weighted by atomic mass is 10.0. The Morgan fingerprint density at radius 3 is 2.61 bits per heavy atom. The molecule has 0 spiro atoms. The third kappa shape index (κ3) is 2.46. The molecule has 0 bridgehead atoms. The van der Waals surface area contributed by atoms with Crippen LogP contribution in [-0.2, 0) is 20.0 Å². The quantitative estimate of drug-likeness (QED) is 0.893. The fraction of sp³-hybridized carbons (Fsp3) is 0.400. The molecule has 0 unspecified atom stereocenters. The largest absolute Gasteiger partial charge is 0.334 e. The van der Waals surface area contributed by atoms with Crippen LogP contribution in [0.15, 0.2) is 24.3 Å². The minimum atomic E-state index is 0.811. The summed E-state index contributed by atoms with van der Waals surface area (Å²) in [5, 5.41) is 3.16. The summed E-state index contributed by atoms with van der Waals surface area (Å²) in [6.45, 7) is 5.10. The van der Waals surface area contributed by atoms with Crippen LogP contribution in [0.1, 0.15) is 28.3 Å². The highest BCUT2D eigenvalue weighted by Crippen LogP contribution is 2.16. The van der Waals surface area contributed by atoms with E-state index in [0.29, 0.717) is 0 Å². The van der Waals surface area contributed by atoms with Gasteiger partial charge in [0.05, 0.1) is 12.2 Å². The molecule has 0 saturated heterocycles. The predicted octanol–water partition coefficient (Wildman–Crippen LogP) is 2.35. The molecule has 2 aromatic rings. The summed E-state index contributed by atoms with van der Waals surface area (Å²) in [7, 11) is 4.03. The van der Waals surface area contributed by atoms with Gasteiger partial charge in [-0.2, -0.15) is 0 Å². The summed E-state index contributed by atoms with van der Waals surface area (Å²) >= 11 is 0. The van der Waals surface area contributed by atoms with Crippen molar-refractivity contribution in [3.63, 3.8) is 0 Å². The van der Waals surface area contributed by atoms with E-state index in [1.54, 1.807) is 0 Å². The molecule has 96 valence electrons. The van der Waals surface area contributed by atoms with E-state index in [1.807, 2.05) is 7.05 Å². The highest BCUT2D eigenvalue weighted by Gasteiger charge is 2.11. The molecule has 0 fully saturated rings. The van der Waals surface area contributed by atoms with Crippen molar-refractivity contribution in [1.29, 1.82) is 0 Å². The molecule has 3 heteroatoms. The molecule has 1 heterocycles. The summed E-state index contributed by atoms with van der Waals surface area (Å²) in [6.07, 6.45) is 0.913. The Balaban J connectivity index is 2.30. The molecular formula is C15H21N3. The number of aromatic nitrogens is 2. The molecule has 2 rings (SSSR count). The molecule has 1 aromatic carbocycles. The molecule has 0 atom stereocenters. The van der Waals surface area contributed by atoms with Crippen molar-refractivity contribution >= 4 is 0 Å². The van der Waals surface area contributed by atoms with Crippen LogP contribution < -0.4 is 5.32 Å². The number of rotatable bonds is 4. The number of benzene rings is 1. The van der Waals surface area contributed by atoms with E-state index in [-0.39, 0.29) is 0 Å². The van der Waals surface area contributed by atoms with Crippen molar-refractivity contribution in [1.82, 2.24) is 14.9 Å². The highest BCUT2D eigenvalue weighted by atomic mass is 15.1. The molecule has 1 N–H and O–H groups in total. The van der Waals surface area contributed by atoms with E-state index in [4.69, 9.17) is 4.98 Å². The zero-order valence-corrected chi connectivity index (χ0v) is 11.6. The van der Waals surface area contributed by atoms with Gasteiger partial charge in [0.25, 0.3) is 0 Å². The smallest absolute Gasteiger partial charge is 0.122 e. The molecule has 18 heavy (non-hydrogen) atoms. The number of nitrogens with one attached hydrogen (secondary N) is 1. The average molecular weight is 243 g/mol. The lowest BCUT2D eigenvalue weighted by Gasteiger charge is -2.04. The third-order valence-corrected chi connectivity index (χ3v) is 3.53. The Kier molecular flexibility index (Phi) is 3.82. The van der Waals surface area contributed by atoms with Gasteiger partial charge in [0.1, 0.15) is 5.82 Å². The van der Waals surface area contributed by atoms with Gasteiger partial charge in [0.2, 0.25) is 0 Å². The van der Waals surface area contributed by atoms with Gasteiger partial charge in [-0.3, -0.25) is 0 Å². The van der Waals surface area contributed by atoms with E-state index in [2.05, 4.69) is 55.0 Å². The van der Waals surface area contributed by atoms with Crippen LogP contribution in [0.5, 0.6) is 0 Å². The molecule has 0 aliphatic heterocycles. The maximum atomic E-state index is 4.74. The molecule has 0 amide bonds. The second kappa shape index (κ2) is 5.36. The maximum absolute atomic E-state index is 4.74. The molecular weight excluding hydrogens is 222 g/mol. The molecule has 3 nitrogen and oxygen atoms in total. The van der Waals surface area contributed by atoms with E-state index < -0.39 is 0 Å². The summed E-state index contributed by atoms with van der Waals surface area (Å²) in [5.41, 5.74) is 5.12. The van der Waals surface area contributed by atoms with Crippen LogP contribution in [0.2, 0.25) is 0 Å². The average Bonchev–Trinajstić information content (AvgIpc) is 2.61. The Morgan fingerprint density at radius 1 is 1.22 bits per heavy atom. The van der Waals surface area contributed by atoms with Crippen LogP contribution >= 0.6 is 0 Å². The van der Waals surface area contributed by atoms with Gasteiger partial charge in [0, 0.05) is 19.2 Å². The van der Waals surface area contributed by atoms with Crippen molar-refractivity contribution in [3.8, 4) is 0 Å². The fourth-order valence-corrected chi connectivity index (χ4v) is 2.17. The first kappa shape index (κ1) is 12.8. The number of nitrogens with zero attached hydrogens (tertiary/aromatic N) is 2. The van der Waals surface area contributed by atoms with Crippen LogP contribution in [-0.4, -0.2) is 16.6 Å². The van der Waals surface area contributed by atoms with Gasteiger partial charge < -0.3 is 9.88 Å². The number of hydrogen-bond donors (Lipinski definition) is 1. The second-order valence-corrected chi connectivity index (χ2v) is 4.75. The van der Waals surface area contributed by atoms with Crippen LogP contribution in [0.25, 0.3) is 0 Å². The van der Waals surface area contributed by atoms with Crippen molar-refractivity contribution in [3.05, 3.63) is 52.6 Å². The molecule has 0 aliphatic rings. The maximum Gasteiger partial charge on any atom is 0.122 e. The van der Waals surface area contributed by atoms with Crippen molar-refractivity contribution in [2.24, 2.45) is 7.05 Å². The van der Waals surface area contributed by atoms with E-state index in [0.717, 1.165) is 18.8 Å². The van der Waals surface area contributed by atoms with E-state index in [1.165, 1.54) is 22.5 Å². The second-order valence-electron chi connectivity index (χ2n) is 4.75. The van der Waals surface area contributed by atoms with Crippen LogP contribution in [0, 0.1) is 13.8 Å². The lowest BCUT2D eigenvalue weighted by molar-refractivity contribution is 0.700. The third-order valence-electron chi connectivity index (χ3n) is 3.53. The lowest BCUT2D eigenvalue weighted by Crippen LogP contribution is -2.10. The first-order valence-corrected chi connectivity index (χ1v) is 6.33. The number of imidazole rings is 1. The minimum Gasteiger partial charge on any atom is -0.334 e. The topological polar surface area (TPSA) is 29.9 Å². The Bertz CT molecular complexity index is 541. The first-order valence-electron chi connectivity index (χ1n) is 6.33. The minimum absolute atomic E-state index is 0.811. The van der Waals surface area contributed by atoms with E-state index in [9.17, 15) is 0 Å². The number of aryl methyl sites for hydroxylation is 1. The fourth-order valence-electron chi connectivity index (χ4n) is 2.17. The summed E-state index contributed by atoms with van der Waals surface area (Å²) in [6, 6.07) is 8.51. The van der Waals surface area contributed by atoms with E-state index >= 15 is 0 Å². The molecule has 0 saturated carbocycles. The van der Waals surface area contributed by atoms with Gasteiger partial charge in [-0.15, -0.1) is 0 Å². The molecule has 0 aliphatic carbocycles. The zero-order chi connectivity index (χ0) is 13.1. The van der Waals surface area contributed by atoms with Crippen molar-refractivity contribution in [2.45, 2.75) is 26.8 Å². The van der Waals surface area contributed by atoms with Crippen molar-refractivity contribution < 1.29 is 0 Å². The van der Waals surface area contributed by atoms with Gasteiger partial charge in [-0.25, -0.2) is 4.98 Å². The van der Waals surface area contributed by atoms with Crippen molar-refractivity contribution in [2.75, 3.05) is 7.05 Å². The standard InChI is InChI=1S/C15H21N3/c1-11-7-5-6-8-13(11)9-14-12(2)18(4)15(17-14)10-16-3/h5-8,16H,9-10H2,1-4H3. The Labute approximate surface area is 109 Å². The SMILES string of the molecule is CNCc1nc(Cc2ccccc2C)c(C)n1C. The monoisotopic (exact) mass is 243 g/mol. The summed E-state index contributed by atoms with van der Waals surface area (Å²) in [4.78, 5) is 4.74. The number of hydrogen-bond acceptors (Lipinski definition) is 2. The first-order chi connectivity index (χ1) is 8.63. The van der Waals surface area contributed by atoms with Crippen LogP contribution in [0.3, 0.4) is 0 Å². The molecule has 0 radical (unpaired) electrons. The Morgan fingerprint density at radius 2 is 1.94 bits per heavy atom. The summed E-state index contributed by atoms with van der Waals surface area (Å²) < 4.78 is 2.17. The Hall–Kier alpha value is -1.61. The van der Waals surface area contributed by atoms with Gasteiger partial charge in [-0.1, -0.05) is 24.3 Å². The van der Waals surface area contributed by atoms with Gasteiger partial charge >= 0.3 is 0 Å². The highest BCUT2D eigenvalue weighted by molar-refractivity contribution is 5.31. The zero-order valence-electron chi connectivity index (χ0n) is 11.6. The normalized spacial score (nSPS) is 10.9.